The van der Waals surface area contributed by atoms with Crippen LogP contribution in [-0.4, -0.2) is 15.0 Å². The van der Waals surface area contributed by atoms with Gasteiger partial charge in [-0.1, -0.05) is 116 Å². The summed E-state index contributed by atoms with van der Waals surface area (Å²) in [6.45, 7) is 4.26. The average molecular weight is 538 g/mol. The van der Waals surface area contributed by atoms with E-state index in [1.807, 2.05) is 72.8 Å². The van der Waals surface area contributed by atoms with Crippen LogP contribution in [-0.2, 0) is 6.42 Å². The lowest BCUT2D eigenvalue weighted by Crippen LogP contribution is -2.00. The summed E-state index contributed by atoms with van der Waals surface area (Å²) in [5, 5.41) is 3.08. The summed E-state index contributed by atoms with van der Waals surface area (Å²) < 4.78 is 0. The SMILES string of the molecule is C/C=C\c1c(CC)ccc2cc(-c3cc(Cl)cc(-c4nc(-c5ccccc5)nc(-c5ccccc5)n4)c3)ccc12. The molecule has 0 spiro atoms. The second-order valence-corrected chi connectivity index (χ2v) is 10.1. The van der Waals surface area contributed by atoms with Crippen molar-refractivity contribution in [1.82, 2.24) is 15.0 Å². The maximum absolute atomic E-state index is 6.71. The highest BCUT2D eigenvalue weighted by Gasteiger charge is 2.14. The van der Waals surface area contributed by atoms with E-state index in [2.05, 4.69) is 62.4 Å². The Kier molecular flexibility index (Phi) is 7.22. The fourth-order valence-electron chi connectivity index (χ4n) is 5.07. The summed E-state index contributed by atoms with van der Waals surface area (Å²) in [5.41, 5.74) is 7.45. The lowest BCUT2D eigenvalue weighted by molar-refractivity contribution is 1.07. The van der Waals surface area contributed by atoms with Gasteiger partial charge in [0.2, 0.25) is 0 Å². The van der Waals surface area contributed by atoms with Gasteiger partial charge >= 0.3 is 0 Å². The molecule has 0 aliphatic heterocycles. The van der Waals surface area contributed by atoms with Gasteiger partial charge in [-0.2, -0.15) is 0 Å². The van der Waals surface area contributed by atoms with Crippen LogP contribution in [0.1, 0.15) is 25.0 Å². The van der Waals surface area contributed by atoms with E-state index in [9.17, 15) is 0 Å². The van der Waals surface area contributed by atoms with Crippen LogP contribution in [0.3, 0.4) is 0 Å². The molecule has 0 saturated carbocycles. The Bertz CT molecular complexity index is 1790. The quantitative estimate of drug-likeness (QED) is 0.212. The Morgan fingerprint density at radius 3 is 1.80 bits per heavy atom. The summed E-state index contributed by atoms with van der Waals surface area (Å²) in [4.78, 5) is 14.6. The normalized spacial score (nSPS) is 11.4. The van der Waals surface area contributed by atoms with E-state index < -0.39 is 0 Å². The largest absolute Gasteiger partial charge is 0.208 e. The fourth-order valence-corrected chi connectivity index (χ4v) is 5.31. The summed E-state index contributed by atoms with van der Waals surface area (Å²) in [6, 6.07) is 37.1. The van der Waals surface area contributed by atoms with Crippen molar-refractivity contribution in [1.29, 1.82) is 0 Å². The lowest BCUT2D eigenvalue weighted by Gasteiger charge is -2.12. The molecule has 3 nitrogen and oxygen atoms in total. The second kappa shape index (κ2) is 11.3. The van der Waals surface area contributed by atoms with Crippen molar-refractivity contribution in [3.63, 3.8) is 0 Å². The molecule has 4 heteroatoms. The molecule has 1 aromatic heterocycles. The third kappa shape index (κ3) is 5.16. The molecular weight excluding hydrogens is 510 g/mol. The first-order chi connectivity index (χ1) is 19.6. The zero-order valence-electron chi connectivity index (χ0n) is 22.5. The van der Waals surface area contributed by atoms with Gasteiger partial charge in [-0.05, 0) is 70.6 Å². The maximum atomic E-state index is 6.71. The van der Waals surface area contributed by atoms with Crippen molar-refractivity contribution < 1.29 is 0 Å². The van der Waals surface area contributed by atoms with Crippen LogP contribution >= 0.6 is 11.6 Å². The minimum atomic E-state index is 0.584. The monoisotopic (exact) mass is 537 g/mol. The van der Waals surface area contributed by atoms with E-state index in [1.165, 1.54) is 21.9 Å². The molecule has 0 aliphatic carbocycles. The number of halogens is 1. The number of nitrogens with zero attached hydrogens (tertiary/aromatic N) is 3. The van der Waals surface area contributed by atoms with Crippen LogP contribution in [0.15, 0.2) is 115 Å². The Labute approximate surface area is 239 Å². The second-order valence-electron chi connectivity index (χ2n) is 9.69. The summed E-state index contributed by atoms with van der Waals surface area (Å²) in [5.74, 6) is 1.83. The van der Waals surface area contributed by atoms with E-state index in [1.54, 1.807) is 0 Å². The molecule has 6 aromatic rings. The predicted octanol–water partition coefficient (Wildman–Crippen LogP) is 9.94. The van der Waals surface area contributed by atoms with E-state index in [-0.39, 0.29) is 0 Å². The van der Waals surface area contributed by atoms with Gasteiger partial charge in [-0.3, -0.25) is 0 Å². The van der Waals surface area contributed by atoms with Gasteiger partial charge in [-0.15, -0.1) is 0 Å². The average Bonchev–Trinajstić information content (AvgIpc) is 3.01. The van der Waals surface area contributed by atoms with Gasteiger partial charge in [0, 0.05) is 21.7 Å². The number of hydrogen-bond acceptors (Lipinski definition) is 3. The Morgan fingerprint density at radius 1 is 0.600 bits per heavy atom. The zero-order chi connectivity index (χ0) is 27.5. The third-order valence-corrected chi connectivity index (χ3v) is 7.27. The van der Waals surface area contributed by atoms with Crippen LogP contribution in [0.4, 0.5) is 0 Å². The standard InChI is InChI=1S/C36H28ClN3/c1-3-11-32-24(4-2)16-17-28-20-27(18-19-33(28)32)29-21-30(23-31(37)22-29)36-39-34(25-12-7-5-8-13-25)38-35(40-36)26-14-9-6-10-15-26/h3,5-23H,4H2,1-2H3/b11-3-. The zero-order valence-corrected chi connectivity index (χ0v) is 23.2. The van der Waals surface area contributed by atoms with Crippen LogP contribution in [0.25, 0.3) is 62.1 Å². The number of aryl methyl sites for hydroxylation is 1. The molecule has 0 aliphatic rings. The third-order valence-electron chi connectivity index (χ3n) is 7.05. The molecule has 0 N–H and O–H groups in total. The fraction of sp³-hybridized carbons (Fsp3) is 0.0833. The molecule has 0 unspecified atom stereocenters. The van der Waals surface area contributed by atoms with Crippen LogP contribution in [0.2, 0.25) is 5.02 Å². The van der Waals surface area contributed by atoms with Gasteiger partial charge in [0.15, 0.2) is 17.5 Å². The van der Waals surface area contributed by atoms with Crippen molar-refractivity contribution in [2.75, 3.05) is 0 Å². The number of hydrogen-bond donors (Lipinski definition) is 0. The van der Waals surface area contributed by atoms with Gasteiger partial charge < -0.3 is 0 Å². The molecule has 40 heavy (non-hydrogen) atoms. The Morgan fingerprint density at radius 2 is 1.20 bits per heavy atom. The number of aromatic nitrogens is 3. The van der Waals surface area contributed by atoms with Crippen LogP contribution in [0.5, 0.6) is 0 Å². The minimum absolute atomic E-state index is 0.584. The molecular formula is C36H28ClN3. The van der Waals surface area contributed by atoms with Crippen molar-refractivity contribution >= 4 is 28.4 Å². The molecule has 0 amide bonds. The topological polar surface area (TPSA) is 38.7 Å². The van der Waals surface area contributed by atoms with E-state index in [4.69, 9.17) is 26.6 Å². The molecule has 0 bridgehead atoms. The predicted molar refractivity (Wildman–Crippen MR) is 168 cm³/mol. The molecule has 5 aromatic carbocycles. The van der Waals surface area contributed by atoms with Crippen molar-refractivity contribution in [2.45, 2.75) is 20.3 Å². The lowest BCUT2D eigenvalue weighted by atomic mass is 9.94. The van der Waals surface area contributed by atoms with E-state index in [0.29, 0.717) is 22.5 Å². The molecule has 0 radical (unpaired) electrons. The summed E-state index contributed by atoms with van der Waals surface area (Å²) >= 11 is 6.71. The molecule has 6 rings (SSSR count). The van der Waals surface area contributed by atoms with E-state index in [0.717, 1.165) is 34.2 Å². The number of fused-ring (bicyclic) bond motifs is 1. The first-order valence-corrected chi connectivity index (χ1v) is 13.9. The van der Waals surface area contributed by atoms with Gasteiger partial charge in [-0.25, -0.2) is 15.0 Å². The summed E-state index contributed by atoms with van der Waals surface area (Å²) in [6.07, 6.45) is 5.30. The number of benzene rings is 5. The molecule has 0 saturated heterocycles. The van der Waals surface area contributed by atoms with Crippen molar-refractivity contribution in [3.8, 4) is 45.3 Å². The maximum Gasteiger partial charge on any atom is 0.164 e. The number of allylic oxidation sites excluding steroid dienone is 1. The molecule has 0 atom stereocenters. The van der Waals surface area contributed by atoms with Gasteiger partial charge in [0.1, 0.15) is 0 Å². The highest BCUT2D eigenvalue weighted by molar-refractivity contribution is 6.31. The van der Waals surface area contributed by atoms with Gasteiger partial charge in [0.05, 0.1) is 0 Å². The highest BCUT2D eigenvalue weighted by Crippen LogP contribution is 2.34. The first-order valence-electron chi connectivity index (χ1n) is 13.5. The molecule has 194 valence electrons. The first kappa shape index (κ1) is 25.7. The van der Waals surface area contributed by atoms with Crippen LogP contribution in [0, 0.1) is 0 Å². The van der Waals surface area contributed by atoms with Crippen molar-refractivity contribution in [3.05, 3.63) is 131 Å². The molecule has 0 fully saturated rings. The number of rotatable bonds is 6. The Balaban J connectivity index is 1.49. The van der Waals surface area contributed by atoms with Crippen LogP contribution < -0.4 is 0 Å². The van der Waals surface area contributed by atoms with Gasteiger partial charge in [0.25, 0.3) is 0 Å². The van der Waals surface area contributed by atoms with Crippen molar-refractivity contribution in [2.24, 2.45) is 0 Å². The Hall–Kier alpha value is -4.60. The van der Waals surface area contributed by atoms with E-state index >= 15 is 0 Å². The summed E-state index contributed by atoms with van der Waals surface area (Å²) in [7, 11) is 0. The smallest absolute Gasteiger partial charge is 0.164 e. The minimum Gasteiger partial charge on any atom is -0.208 e. The molecule has 1 heterocycles. The highest BCUT2D eigenvalue weighted by atomic mass is 35.5.